The number of hydrogen-bond donors (Lipinski definition) is 1. The minimum atomic E-state index is -4.30. The fraction of sp³-hybridized carbons (Fsp3) is 0.261. The number of esters is 2. The fourth-order valence-corrected chi connectivity index (χ4v) is 5.01. The average molecular weight is 534 g/mol. The van der Waals surface area contributed by atoms with Gasteiger partial charge in [-0.25, -0.2) is 18.0 Å². The number of carbonyl (C=O) groups is 3. The van der Waals surface area contributed by atoms with Gasteiger partial charge in [0.1, 0.15) is 15.6 Å². The maximum atomic E-state index is 12.7. The first-order valence-corrected chi connectivity index (χ1v) is 13.2. The van der Waals surface area contributed by atoms with Gasteiger partial charge < -0.3 is 19.2 Å². The molecule has 11 nitrogen and oxygen atoms in total. The summed E-state index contributed by atoms with van der Waals surface area (Å²) in [5, 5.41) is 8.81. The number of sulfone groups is 1. The van der Waals surface area contributed by atoms with Crippen molar-refractivity contribution >= 4 is 56.2 Å². The van der Waals surface area contributed by atoms with E-state index in [1.807, 2.05) is 30.3 Å². The van der Waals surface area contributed by atoms with E-state index in [9.17, 15) is 22.8 Å². The molecule has 2 aromatic heterocycles. The lowest BCUT2D eigenvalue weighted by atomic mass is 10.1. The molecule has 13 heteroatoms. The van der Waals surface area contributed by atoms with Crippen LogP contribution in [-0.2, 0) is 24.1 Å². The van der Waals surface area contributed by atoms with Gasteiger partial charge in [-0.15, -0.1) is 16.4 Å². The summed E-state index contributed by atoms with van der Waals surface area (Å²) < 4.78 is 40.5. The first-order chi connectivity index (χ1) is 17.2. The van der Waals surface area contributed by atoms with Crippen LogP contribution in [0.5, 0.6) is 0 Å². The predicted molar refractivity (Wildman–Crippen MR) is 131 cm³/mol. The maximum absolute atomic E-state index is 12.7. The summed E-state index contributed by atoms with van der Waals surface area (Å²) in [5.41, 5.74) is 1.04. The SMILES string of the molecule is CCOC(=O)c1sc(NC(=O)CS(=O)(=O)c2nnc(C=Cc3ccccc3)o2)c(C(=O)OCC)c1C. The van der Waals surface area contributed by atoms with Crippen molar-refractivity contribution in [1.29, 1.82) is 0 Å². The van der Waals surface area contributed by atoms with Crippen LogP contribution in [0.1, 0.15) is 50.9 Å². The Morgan fingerprint density at radius 2 is 1.69 bits per heavy atom. The van der Waals surface area contributed by atoms with Gasteiger partial charge in [-0.1, -0.05) is 35.4 Å². The van der Waals surface area contributed by atoms with Crippen LogP contribution in [0.3, 0.4) is 0 Å². The molecule has 0 aliphatic heterocycles. The summed E-state index contributed by atoms with van der Waals surface area (Å²) in [6.07, 6.45) is 3.10. The van der Waals surface area contributed by atoms with Gasteiger partial charge in [-0.3, -0.25) is 4.79 Å². The first kappa shape index (κ1) is 26.8. The molecular weight excluding hydrogens is 510 g/mol. The molecule has 190 valence electrons. The summed E-state index contributed by atoms with van der Waals surface area (Å²) in [7, 11) is -4.30. The number of benzene rings is 1. The van der Waals surface area contributed by atoms with Crippen molar-refractivity contribution in [3.05, 3.63) is 57.8 Å². The van der Waals surface area contributed by atoms with E-state index in [0.717, 1.165) is 16.9 Å². The van der Waals surface area contributed by atoms with Gasteiger partial charge >= 0.3 is 17.2 Å². The van der Waals surface area contributed by atoms with Crippen LogP contribution < -0.4 is 5.32 Å². The van der Waals surface area contributed by atoms with Gasteiger partial charge in [-0.2, -0.15) is 0 Å². The molecule has 0 fully saturated rings. The molecule has 3 aromatic rings. The van der Waals surface area contributed by atoms with E-state index in [1.54, 1.807) is 19.9 Å². The van der Waals surface area contributed by atoms with E-state index in [-0.39, 0.29) is 40.1 Å². The number of ether oxygens (including phenoxy) is 2. The molecule has 0 saturated heterocycles. The van der Waals surface area contributed by atoms with E-state index in [1.165, 1.54) is 13.0 Å². The first-order valence-electron chi connectivity index (χ1n) is 10.7. The molecule has 0 unspecified atom stereocenters. The number of nitrogens with one attached hydrogen (secondary N) is 1. The summed E-state index contributed by atoms with van der Waals surface area (Å²) in [5.74, 6) is -3.52. The number of nitrogens with zero attached hydrogens (tertiary/aromatic N) is 2. The Bertz CT molecular complexity index is 1390. The highest BCUT2D eigenvalue weighted by Gasteiger charge is 2.30. The zero-order valence-corrected chi connectivity index (χ0v) is 21.3. The second kappa shape index (κ2) is 11.7. The fourth-order valence-electron chi connectivity index (χ4n) is 2.98. The smallest absolute Gasteiger partial charge is 0.348 e. The molecule has 2 heterocycles. The highest BCUT2D eigenvalue weighted by molar-refractivity contribution is 7.91. The summed E-state index contributed by atoms with van der Waals surface area (Å²) in [6.45, 7) is 4.90. The van der Waals surface area contributed by atoms with Crippen LogP contribution in [0.4, 0.5) is 5.00 Å². The average Bonchev–Trinajstić information content (AvgIpc) is 3.43. The van der Waals surface area contributed by atoms with Crippen molar-refractivity contribution in [3.8, 4) is 0 Å². The van der Waals surface area contributed by atoms with Gasteiger partial charge in [0.15, 0.2) is 0 Å². The van der Waals surface area contributed by atoms with Crippen molar-refractivity contribution in [2.24, 2.45) is 0 Å². The number of anilines is 1. The van der Waals surface area contributed by atoms with Gasteiger partial charge in [-0.05, 0) is 38.0 Å². The lowest BCUT2D eigenvalue weighted by Gasteiger charge is -2.06. The second-order valence-electron chi connectivity index (χ2n) is 7.16. The van der Waals surface area contributed by atoms with Gasteiger partial charge in [0.25, 0.3) is 0 Å². The van der Waals surface area contributed by atoms with Crippen molar-refractivity contribution in [1.82, 2.24) is 10.2 Å². The highest BCUT2D eigenvalue weighted by atomic mass is 32.2. The third kappa shape index (κ3) is 6.43. The predicted octanol–water partition coefficient (Wildman–Crippen LogP) is 3.38. The Labute approximate surface area is 211 Å². The molecule has 36 heavy (non-hydrogen) atoms. The molecule has 0 aliphatic rings. The standard InChI is InChI=1S/C23H23N3O8S2/c1-4-32-21(28)18-14(3)19(22(29)33-5-2)35-20(18)24-16(27)13-36(30,31)23-26-25-17(34-23)12-11-15-9-7-6-8-10-15/h6-12H,4-5,13H2,1-3H3,(H,24,27). The lowest BCUT2D eigenvalue weighted by molar-refractivity contribution is -0.113. The molecule has 0 atom stereocenters. The number of hydrogen-bond acceptors (Lipinski definition) is 11. The van der Waals surface area contributed by atoms with Crippen LogP contribution in [-0.4, -0.2) is 55.4 Å². The van der Waals surface area contributed by atoms with Crippen molar-refractivity contribution in [2.45, 2.75) is 26.0 Å². The van der Waals surface area contributed by atoms with E-state index in [4.69, 9.17) is 13.9 Å². The highest BCUT2D eigenvalue weighted by Crippen LogP contribution is 2.34. The van der Waals surface area contributed by atoms with Crippen LogP contribution >= 0.6 is 11.3 Å². The molecule has 0 saturated carbocycles. The third-order valence-electron chi connectivity index (χ3n) is 4.57. The van der Waals surface area contributed by atoms with Crippen LogP contribution in [0.25, 0.3) is 12.2 Å². The Kier molecular flexibility index (Phi) is 8.72. The lowest BCUT2D eigenvalue weighted by Crippen LogP contribution is -2.24. The van der Waals surface area contributed by atoms with Crippen LogP contribution in [0.2, 0.25) is 0 Å². The van der Waals surface area contributed by atoms with Gasteiger partial charge in [0.2, 0.25) is 21.6 Å². The molecule has 3 rings (SSSR count). The zero-order valence-electron chi connectivity index (χ0n) is 19.6. The molecule has 0 spiro atoms. The summed E-state index contributed by atoms with van der Waals surface area (Å²) in [6, 6.07) is 9.18. The van der Waals surface area contributed by atoms with E-state index < -0.39 is 38.7 Å². The molecule has 0 radical (unpaired) electrons. The topological polar surface area (TPSA) is 155 Å². The number of thiophene rings is 1. The van der Waals surface area contributed by atoms with Crippen molar-refractivity contribution < 1.29 is 36.7 Å². The normalized spacial score (nSPS) is 11.4. The monoisotopic (exact) mass is 533 g/mol. The van der Waals surface area contributed by atoms with Crippen LogP contribution in [0, 0.1) is 6.92 Å². The van der Waals surface area contributed by atoms with E-state index in [0.29, 0.717) is 0 Å². The Morgan fingerprint density at radius 1 is 1.03 bits per heavy atom. The quantitative estimate of drug-likeness (QED) is 0.383. The Hall–Kier alpha value is -3.84. The number of aromatic nitrogens is 2. The van der Waals surface area contributed by atoms with E-state index >= 15 is 0 Å². The number of rotatable bonds is 10. The van der Waals surface area contributed by atoms with Crippen molar-refractivity contribution in [2.75, 3.05) is 24.3 Å². The van der Waals surface area contributed by atoms with Gasteiger partial charge in [0.05, 0.1) is 18.8 Å². The third-order valence-corrected chi connectivity index (χ3v) is 7.09. The van der Waals surface area contributed by atoms with E-state index in [2.05, 4.69) is 15.5 Å². The number of carbonyl (C=O) groups excluding carboxylic acids is 3. The minimum absolute atomic E-state index is 0.0359. The Morgan fingerprint density at radius 3 is 2.36 bits per heavy atom. The summed E-state index contributed by atoms with van der Waals surface area (Å²) in [4.78, 5) is 37.4. The van der Waals surface area contributed by atoms with Crippen LogP contribution in [0.15, 0.2) is 40.0 Å². The zero-order chi connectivity index (χ0) is 26.3. The molecule has 0 aliphatic carbocycles. The molecule has 1 amide bonds. The van der Waals surface area contributed by atoms with Crippen molar-refractivity contribution in [3.63, 3.8) is 0 Å². The largest absolute Gasteiger partial charge is 0.462 e. The summed E-state index contributed by atoms with van der Waals surface area (Å²) >= 11 is 0.784. The minimum Gasteiger partial charge on any atom is -0.462 e. The second-order valence-corrected chi connectivity index (χ2v) is 10.0. The molecule has 1 N–H and O–H groups in total. The molecule has 1 aromatic carbocycles. The molecule has 0 bridgehead atoms. The molecular formula is C23H23N3O8S2. The Balaban J connectivity index is 1.78. The van der Waals surface area contributed by atoms with Gasteiger partial charge in [0, 0.05) is 6.08 Å². The maximum Gasteiger partial charge on any atom is 0.348 e. The number of amides is 1.